The molecule has 10 heteroatoms. The highest BCUT2D eigenvalue weighted by Crippen LogP contribution is 2.12. The Hall–Kier alpha value is -3.76. The Morgan fingerprint density at radius 3 is 1.26 bits per heavy atom. The van der Waals surface area contributed by atoms with Crippen LogP contribution in [0.25, 0.3) is 0 Å². The maximum absolute atomic E-state index is 12.4. The molecule has 2 aromatic rings. The zero-order valence-corrected chi connectivity index (χ0v) is 19.2. The van der Waals surface area contributed by atoms with Gasteiger partial charge in [0.05, 0.1) is 38.4 Å². The molecule has 1 fully saturated rings. The van der Waals surface area contributed by atoms with Crippen molar-refractivity contribution in [3.8, 4) is 0 Å². The van der Waals surface area contributed by atoms with Crippen molar-refractivity contribution >= 4 is 35.1 Å². The standard InChI is InChI=1S/C24H28N4O6/c1-33-23(31)17-3-7-19(8-4-17)25-21(29)15-27-11-13-28(14-12-27)16-22(30)26-20-9-5-18(6-10-20)24(32)34-2/h3-10H,11-16H2,1-2H3,(H,25,29)(H,26,30). The molecule has 1 heterocycles. The number of anilines is 2. The summed E-state index contributed by atoms with van der Waals surface area (Å²) in [4.78, 5) is 51.7. The molecule has 0 saturated carbocycles. The van der Waals surface area contributed by atoms with Gasteiger partial charge in [0.25, 0.3) is 0 Å². The van der Waals surface area contributed by atoms with Crippen LogP contribution in [0.2, 0.25) is 0 Å². The molecule has 2 aromatic carbocycles. The molecule has 0 aliphatic carbocycles. The van der Waals surface area contributed by atoms with Gasteiger partial charge in [-0.25, -0.2) is 9.59 Å². The molecule has 1 aliphatic rings. The number of carbonyl (C=O) groups excluding carboxylic acids is 4. The number of carbonyl (C=O) groups is 4. The number of hydrogen-bond donors (Lipinski definition) is 2. The summed E-state index contributed by atoms with van der Waals surface area (Å²) in [5.74, 6) is -1.15. The molecule has 1 aliphatic heterocycles. The second kappa shape index (κ2) is 11.9. The van der Waals surface area contributed by atoms with Crippen molar-refractivity contribution in [3.05, 3.63) is 59.7 Å². The number of rotatable bonds is 8. The molecule has 0 bridgehead atoms. The fourth-order valence-electron chi connectivity index (χ4n) is 3.53. The smallest absolute Gasteiger partial charge is 0.337 e. The molecule has 0 aromatic heterocycles. The van der Waals surface area contributed by atoms with E-state index in [1.807, 2.05) is 9.80 Å². The Morgan fingerprint density at radius 1 is 0.647 bits per heavy atom. The summed E-state index contributed by atoms with van der Waals surface area (Å²) in [5, 5.41) is 5.64. The Morgan fingerprint density at radius 2 is 0.971 bits per heavy atom. The van der Waals surface area contributed by atoms with Crippen molar-refractivity contribution in [2.45, 2.75) is 0 Å². The fourth-order valence-corrected chi connectivity index (χ4v) is 3.53. The molecule has 1 saturated heterocycles. The Labute approximate surface area is 197 Å². The molecule has 0 unspecified atom stereocenters. The van der Waals surface area contributed by atoms with E-state index in [0.29, 0.717) is 48.7 Å². The monoisotopic (exact) mass is 468 g/mol. The second-order valence-electron chi connectivity index (χ2n) is 7.79. The molecule has 0 radical (unpaired) electrons. The summed E-state index contributed by atoms with van der Waals surface area (Å²) in [6.45, 7) is 3.13. The van der Waals surface area contributed by atoms with Crippen LogP contribution in [-0.4, -0.2) is 87.0 Å². The first-order valence-electron chi connectivity index (χ1n) is 10.8. The van der Waals surface area contributed by atoms with Gasteiger partial charge in [-0.1, -0.05) is 0 Å². The molecular weight excluding hydrogens is 440 g/mol. The molecule has 2 N–H and O–H groups in total. The molecule has 3 rings (SSSR count). The highest BCUT2D eigenvalue weighted by molar-refractivity contribution is 5.95. The minimum atomic E-state index is -0.430. The Kier molecular flexibility index (Phi) is 8.72. The topological polar surface area (TPSA) is 117 Å². The minimum absolute atomic E-state index is 0.146. The van der Waals surface area contributed by atoms with Crippen LogP contribution < -0.4 is 10.6 Å². The highest BCUT2D eigenvalue weighted by atomic mass is 16.5. The van der Waals surface area contributed by atoms with Gasteiger partial charge in [-0.3, -0.25) is 19.4 Å². The van der Waals surface area contributed by atoms with E-state index in [2.05, 4.69) is 20.1 Å². The van der Waals surface area contributed by atoms with Gasteiger partial charge in [0.1, 0.15) is 0 Å². The van der Waals surface area contributed by atoms with Gasteiger partial charge in [0, 0.05) is 37.6 Å². The van der Waals surface area contributed by atoms with Gasteiger partial charge < -0.3 is 20.1 Å². The number of benzene rings is 2. The SMILES string of the molecule is COC(=O)c1ccc(NC(=O)CN2CCN(CC(=O)Nc3ccc(C(=O)OC)cc3)CC2)cc1. The average molecular weight is 469 g/mol. The summed E-state index contributed by atoms with van der Waals surface area (Å²) in [5.41, 5.74) is 2.04. The van der Waals surface area contributed by atoms with Gasteiger partial charge in [0.15, 0.2) is 0 Å². The Balaban J connectivity index is 1.38. The summed E-state index contributed by atoms with van der Waals surface area (Å²) in [7, 11) is 2.63. The van der Waals surface area contributed by atoms with Crippen molar-refractivity contribution in [2.75, 3.05) is 64.1 Å². The number of nitrogens with zero attached hydrogens (tertiary/aromatic N) is 2. The van der Waals surface area contributed by atoms with Crippen molar-refractivity contribution in [3.63, 3.8) is 0 Å². The molecule has 180 valence electrons. The quantitative estimate of drug-likeness (QED) is 0.559. The van der Waals surface area contributed by atoms with Crippen molar-refractivity contribution in [1.29, 1.82) is 0 Å². The third kappa shape index (κ3) is 7.12. The summed E-state index contributed by atoms with van der Waals surface area (Å²) in [6.07, 6.45) is 0. The lowest BCUT2D eigenvalue weighted by molar-refractivity contribution is -0.120. The molecule has 0 atom stereocenters. The number of esters is 2. The molecular formula is C24H28N4O6. The summed E-state index contributed by atoms with van der Waals surface area (Å²) >= 11 is 0. The number of hydrogen-bond acceptors (Lipinski definition) is 8. The lowest BCUT2D eigenvalue weighted by Crippen LogP contribution is -2.50. The van der Waals surface area contributed by atoms with E-state index in [9.17, 15) is 19.2 Å². The van der Waals surface area contributed by atoms with E-state index in [-0.39, 0.29) is 24.9 Å². The van der Waals surface area contributed by atoms with Crippen LogP contribution in [0.3, 0.4) is 0 Å². The van der Waals surface area contributed by atoms with Crippen LogP contribution in [0.1, 0.15) is 20.7 Å². The van der Waals surface area contributed by atoms with Gasteiger partial charge in [0.2, 0.25) is 11.8 Å². The second-order valence-corrected chi connectivity index (χ2v) is 7.79. The minimum Gasteiger partial charge on any atom is -0.465 e. The molecule has 10 nitrogen and oxygen atoms in total. The maximum atomic E-state index is 12.4. The van der Waals surface area contributed by atoms with Crippen LogP contribution in [0.5, 0.6) is 0 Å². The zero-order chi connectivity index (χ0) is 24.5. The van der Waals surface area contributed by atoms with Crippen molar-refractivity contribution in [2.24, 2.45) is 0 Å². The molecule has 34 heavy (non-hydrogen) atoms. The van der Waals surface area contributed by atoms with Crippen molar-refractivity contribution < 1.29 is 28.7 Å². The first kappa shape index (κ1) is 24.9. The van der Waals surface area contributed by atoms with E-state index in [1.54, 1.807) is 48.5 Å². The first-order chi connectivity index (χ1) is 16.4. The highest BCUT2D eigenvalue weighted by Gasteiger charge is 2.21. The normalized spacial score (nSPS) is 14.2. The van der Waals surface area contributed by atoms with Crippen LogP contribution in [0.15, 0.2) is 48.5 Å². The maximum Gasteiger partial charge on any atom is 0.337 e. The number of amides is 2. The van der Waals surface area contributed by atoms with Gasteiger partial charge in [-0.2, -0.15) is 0 Å². The van der Waals surface area contributed by atoms with E-state index in [0.717, 1.165) is 0 Å². The molecule has 2 amide bonds. The third-order valence-corrected chi connectivity index (χ3v) is 5.38. The van der Waals surface area contributed by atoms with Crippen LogP contribution >= 0.6 is 0 Å². The zero-order valence-electron chi connectivity index (χ0n) is 19.2. The summed E-state index contributed by atoms with van der Waals surface area (Å²) < 4.78 is 9.32. The van der Waals surface area contributed by atoms with Gasteiger partial charge in [-0.05, 0) is 48.5 Å². The van der Waals surface area contributed by atoms with E-state index in [4.69, 9.17) is 0 Å². The van der Waals surface area contributed by atoms with E-state index >= 15 is 0 Å². The fraction of sp³-hybridized carbons (Fsp3) is 0.333. The number of piperazine rings is 1. The number of methoxy groups -OCH3 is 2. The third-order valence-electron chi connectivity index (χ3n) is 5.38. The Bertz CT molecular complexity index is 931. The number of ether oxygens (including phenoxy) is 2. The van der Waals surface area contributed by atoms with Crippen molar-refractivity contribution in [1.82, 2.24) is 9.80 Å². The lowest BCUT2D eigenvalue weighted by atomic mass is 10.2. The molecule has 0 spiro atoms. The predicted molar refractivity (Wildman–Crippen MR) is 126 cm³/mol. The van der Waals surface area contributed by atoms with E-state index in [1.165, 1.54) is 14.2 Å². The van der Waals surface area contributed by atoms with Crippen LogP contribution in [0, 0.1) is 0 Å². The van der Waals surface area contributed by atoms with E-state index < -0.39 is 11.9 Å². The predicted octanol–water partition coefficient (Wildman–Crippen LogP) is 1.45. The average Bonchev–Trinajstić information content (AvgIpc) is 2.85. The largest absolute Gasteiger partial charge is 0.465 e. The summed E-state index contributed by atoms with van der Waals surface area (Å²) in [6, 6.07) is 13.0. The lowest BCUT2D eigenvalue weighted by Gasteiger charge is -2.33. The van der Waals surface area contributed by atoms with Crippen LogP contribution in [-0.2, 0) is 19.1 Å². The van der Waals surface area contributed by atoms with Gasteiger partial charge in [-0.15, -0.1) is 0 Å². The number of nitrogens with one attached hydrogen (secondary N) is 2. The van der Waals surface area contributed by atoms with Gasteiger partial charge >= 0.3 is 11.9 Å². The first-order valence-corrected chi connectivity index (χ1v) is 10.8. The van der Waals surface area contributed by atoms with Crippen LogP contribution in [0.4, 0.5) is 11.4 Å².